The van der Waals surface area contributed by atoms with Crippen molar-refractivity contribution >= 4 is 23.9 Å². The van der Waals surface area contributed by atoms with E-state index in [1.54, 1.807) is 4.31 Å². The van der Waals surface area contributed by atoms with Crippen molar-refractivity contribution in [3.05, 3.63) is 35.9 Å². The van der Waals surface area contributed by atoms with Gasteiger partial charge in [0.2, 0.25) is 5.91 Å². The number of urea groups is 1. The van der Waals surface area contributed by atoms with Gasteiger partial charge >= 0.3 is 6.03 Å². The van der Waals surface area contributed by atoms with E-state index in [0.717, 1.165) is 18.4 Å². The Kier molecular flexibility index (Phi) is 4.25. The number of hydrogen-bond donors (Lipinski definition) is 1. The molecule has 4 nitrogen and oxygen atoms in total. The molecule has 1 N–H and O–H groups in total. The molecule has 0 spiro atoms. The van der Waals surface area contributed by atoms with Gasteiger partial charge in [-0.25, -0.2) is 4.79 Å². The molecule has 0 atom stereocenters. The average Bonchev–Trinajstić information content (AvgIpc) is 3.21. The first-order valence-electron chi connectivity index (χ1n) is 5.91. The van der Waals surface area contributed by atoms with Crippen molar-refractivity contribution in [2.24, 2.45) is 5.92 Å². The van der Waals surface area contributed by atoms with Crippen molar-refractivity contribution in [1.29, 1.82) is 0 Å². The highest BCUT2D eigenvalue weighted by Gasteiger charge is 2.31. The molecular formula is C13H16N2O2S. The Labute approximate surface area is 111 Å². The lowest BCUT2D eigenvalue weighted by Gasteiger charge is -2.19. The van der Waals surface area contributed by atoms with Crippen LogP contribution < -0.4 is 5.32 Å². The predicted octanol–water partition coefficient (Wildman–Crippen LogP) is 2.41. The number of carbonyl (C=O) groups excluding carboxylic acids is 2. The molecule has 1 fully saturated rings. The molecule has 0 bridgehead atoms. The van der Waals surface area contributed by atoms with Gasteiger partial charge in [0.05, 0.1) is 6.54 Å². The van der Waals surface area contributed by atoms with E-state index < -0.39 is 0 Å². The third kappa shape index (κ3) is 3.50. The molecule has 1 aromatic rings. The lowest BCUT2D eigenvalue weighted by atomic mass is 10.2. The van der Waals surface area contributed by atoms with Crippen LogP contribution >= 0.6 is 11.9 Å². The topological polar surface area (TPSA) is 49.4 Å². The Morgan fingerprint density at radius 2 is 2.00 bits per heavy atom. The third-order valence-corrected chi connectivity index (χ3v) is 3.53. The van der Waals surface area contributed by atoms with Crippen LogP contribution in [0.15, 0.2) is 30.3 Å². The molecule has 1 aromatic carbocycles. The van der Waals surface area contributed by atoms with Crippen LogP contribution in [0.4, 0.5) is 4.79 Å². The van der Waals surface area contributed by atoms with Crippen LogP contribution in [0, 0.1) is 5.92 Å². The molecule has 0 aliphatic heterocycles. The summed E-state index contributed by atoms with van der Waals surface area (Å²) in [5, 5.41) is 2.44. The highest BCUT2D eigenvalue weighted by molar-refractivity contribution is 7.96. The maximum Gasteiger partial charge on any atom is 0.334 e. The Morgan fingerprint density at radius 3 is 2.56 bits per heavy atom. The molecule has 0 saturated heterocycles. The summed E-state index contributed by atoms with van der Waals surface area (Å²) in [6, 6.07) is 9.38. The molecule has 3 amide bonds. The van der Waals surface area contributed by atoms with Crippen LogP contribution in [-0.2, 0) is 11.3 Å². The summed E-state index contributed by atoms with van der Waals surface area (Å²) in [6.45, 7) is 0.492. The van der Waals surface area contributed by atoms with E-state index in [2.05, 4.69) is 5.32 Å². The molecule has 96 valence electrons. The highest BCUT2D eigenvalue weighted by atomic mass is 32.2. The highest BCUT2D eigenvalue weighted by Crippen LogP contribution is 2.28. The first kappa shape index (κ1) is 13.0. The van der Waals surface area contributed by atoms with E-state index in [0.29, 0.717) is 6.54 Å². The molecule has 0 aromatic heterocycles. The lowest BCUT2D eigenvalue weighted by molar-refractivity contribution is -0.121. The second kappa shape index (κ2) is 5.91. The van der Waals surface area contributed by atoms with E-state index in [1.807, 2.05) is 36.6 Å². The van der Waals surface area contributed by atoms with Crippen molar-refractivity contribution in [3.63, 3.8) is 0 Å². The van der Waals surface area contributed by atoms with Crippen LogP contribution in [0.3, 0.4) is 0 Å². The molecule has 2 rings (SSSR count). The van der Waals surface area contributed by atoms with Crippen LogP contribution in [0.1, 0.15) is 18.4 Å². The minimum absolute atomic E-state index is 0.0504. The zero-order valence-electron chi connectivity index (χ0n) is 10.3. The SMILES string of the molecule is CSN(Cc1ccccc1)C(=O)NC(=O)C1CC1. The summed E-state index contributed by atoms with van der Waals surface area (Å²) in [6.07, 6.45) is 3.62. The summed E-state index contributed by atoms with van der Waals surface area (Å²) in [5.41, 5.74) is 1.04. The molecular weight excluding hydrogens is 248 g/mol. The number of amides is 3. The Balaban J connectivity index is 1.91. The summed E-state index contributed by atoms with van der Waals surface area (Å²) < 4.78 is 1.55. The average molecular weight is 264 g/mol. The largest absolute Gasteiger partial charge is 0.334 e. The predicted molar refractivity (Wildman–Crippen MR) is 71.8 cm³/mol. The standard InChI is InChI=1S/C13H16N2O2S/c1-18-15(9-10-5-3-2-4-6-10)13(17)14-12(16)11-7-8-11/h2-6,11H,7-9H2,1H3,(H,14,16,17). The van der Waals surface area contributed by atoms with E-state index >= 15 is 0 Å². The van der Waals surface area contributed by atoms with Crippen LogP contribution in [0.2, 0.25) is 0 Å². The first-order valence-corrected chi connectivity index (χ1v) is 7.09. The molecule has 0 unspecified atom stereocenters. The van der Waals surface area contributed by atoms with Gasteiger partial charge in [0.1, 0.15) is 0 Å². The van der Waals surface area contributed by atoms with Crippen LogP contribution in [0.25, 0.3) is 0 Å². The number of benzene rings is 1. The van der Waals surface area contributed by atoms with E-state index in [1.165, 1.54) is 11.9 Å². The number of carbonyl (C=O) groups is 2. The Hall–Kier alpha value is -1.49. The van der Waals surface area contributed by atoms with Gasteiger partial charge in [-0.1, -0.05) is 30.3 Å². The molecule has 1 aliphatic rings. The van der Waals surface area contributed by atoms with Crippen LogP contribution in [-0.4, -0.2) is 22.5 Å². The minimum Gasteiger partial charge on any atom is -0.277 e. The van der Waals surface area contributed by atoms with Gasteiger partial charge in [0.15, 0.2) is 0 Å². The van der Waals surface area contributed by atoms with Crippen molar-refractivity contribution in [1.82, 2.24) is 9.62 Å². The quantitative estimate of drug-likeness (QED) is 0.850. The number of nitrogens with zero attached hydrogens (tertiary/aromatic N) is 1. The normalized spacial score (nSPS) is 14.1. The first-order chi connectivity index (χ1) is 8.70. The van der Waals surface area contributed by atoms with Crippen molar-refractivity contribution in [3.8, 4) is 0 Å². The zero-order valence-corrected chi connectivity index (χ0v) is 11.1. The van der Waals surface area contributed by atoms with Gasteiger partial charge < -0.3 is 0 Å². The molecule has 1 aliphatic carbocycles. The number of hydrogen-bond acceptors (Lipinski definition) is 3. The second-order valence-electron chi connectivity index (χ2n) is 4.27. The van der Waals surface area contributed by atoms with Crippen LogP contribution in [0.5, 0.6) is 0 Å². The van der Waals surface area contributed by atoms with Gasteiger partial charge in [-0.15, -0.1) is 0 Å². The maximum atomic E-state index is 11.9. The van der Waals surface area contributed by atoms with Crippen molar-refractivity contribution < 1.29 is 9.59 Å². The van der Waals surface area contributed by atoms with Gasteiger partial charge in [-0.2, -0.15) is 0 Å². The molecule has 1 saturated carbocycles. The fourth-order valence-electron chi connectivity index (χ4n) is 1.58. The lowest BCUT2D eigenvalue weighted by Crippen LogP contribution is -2.39. The molecule has 0 heterocycles. The van der Waals surface area contributed by atoms with E-state index in [-0.39, 0.29) is 17.9 Å². The van der Waals surface area contributed by atoms with Crippen molar-refractivity contribution in [2.75, 3.05) is 6.26 Å². The monoisotopic (exact) mass is 264 g/mol. The Morgan fingerprint density at radius 1 is 1.33 bits per heavy atom. The van der Waals surface area contributed by atoms with Gasteiger partial charge in [0, 0.05) is 12.2 Å². The van der Waals surface area contributed by atoms with E-state index in [4.69, 9.17) is 0 Å². The van der Waals surface area contributed by atoms with Gasteiger partial charge in [-0.3, -0.25) is 14.4 Å². The molecule has 5 heteroatoms. The maximum absolute atomic E-state index is 11.9. The number of imide groups is 1. The van der Waals surface area contributed by atoms with Gasteiger partial charge in [-0.05, 0) is 30.4 Å². The second-order valence-corrected chi connectivity index (χ2v) is 5.08. The smallest absolute Gasteiger partial charge is 0.277 e. The minimum atomic E-state index is -0.330. The summed E-state index contributed by atoms with van der Waals surface area (Å²) in [7, 11) is 0. The number of rotatable bonds is 4. The fourth-order valence-corrected chi connectivity index (χ4v) is 2.07. The molecule has 0 radical (unpaired) electrons. The Bertz CT molecular complexity index is 432. The van der Waals surface area contributed by atoms with Crippen molar-refractivity contribution in [2.45, 2.75) is 19.4 Å². The fraction of sp³-hybridized carbons (Fsp3) is 0.385. The van der Waals surface area contributed by atoms with Gasteiger partial charge in [0.25, 0.3) is 0 Å². The zero-order chi connectivity index (χ0) is 13.0. The summed E-state index contributed by atoms with van der Waals surface area (Å²) in [5.74, 6) is -0.0958. The summed E-state index contributed by atoms with van der Waals surface area (Å²) in [4.78, 5) is 23.4. The van der Waals surface area contributed by atoms with E-state index in [9.17, 15) is 9.59 Å². The third-order valence-electron chi connectivity index (χ3n) is 2.79. The number of nitrogens with one attached hydrogen (secondary N) is 1. The summed E-state index contributed by atoms with van der Waals surface area (Å²) >= 11 is 1.32. The molecule has 18 heavy (non-hydrogen) atoms.